The predicted molar refractivity (Wildman–Crippen MR) is 142 cm³/mol. The van der Waals surface area contributed by atoms with Crippen molar-refractivity contribution >= 4 is 32.3 Å². The van der Waals surface area contributed by atoms with E-state index in [1.807, 2.05) is 36.4 Å². The van der Waals surface area contributed by atoms with Gasteiger partial charge in [-0.25, -0.2) is 0 Å². The number of nitrogens with zero attached hydrogens (tertiary/aromatic N) is 2. The van der Waals surface area contributed by atoms with Crippen molar-refractivity contribution in [2.75, 3.05) is 6.61 Å². The standard InChI is InChI=1S/C28H36N2O4S/c1-2-3-4-5-6-7-8-9-10-13-22-34-28-21-20-27(25-14-11-12-15-26(25)28)30-29-23-16-18-24(19-17-23)35(31,32)33/h11-12,14-21H,2-10,13,22H2,1H3,(H,31,32,33). The summed E-state index contributed by atoms with van der Waals surface area (Å²) in [6.07, 6.45) is 12.9. The summed E-state index contributed by atoms with van der Waals surface area (Å²) in [7, 11) is -4.23. The molecule has 0 saturated heterocycles. The minimum atomic E-state index is -4.23. The molecule has 0 fully saturated rings. The average Bonchev–Trinajstić information content (AvgIpc) is 2.86. The molecule has 0 radical (unpaired) electrons. The van der Waals surface area contributed by atoms with E-state index in [2.05, 4.69) is 17.2 Å². The van der Waals surface area contributed by atoms with Crippen LogP contribution in [-0.2, 0) is 10.1 Å². The van der Waals surface area contributed by atoms with Gasteiger partial charge in [-0.2, -0.15) is 13.5 Å². The Morgan fingerprint density at radius 1 is 0.714 bits per heavy atom. The first-order valence-electron chi connectivity index (χ1n) is 12.6. The lowest BCUT2D eigenvalue weighted by Gasteiger charge is -2.11. The summed E-state index contributed by atoms with van der Waals surface area (Å²) in [6.45, 7) is 2.95. The number of rotatable bonds is 15. The first-order chi connectivity index (χ1) is 17.0. The van der Waals surface area contributed by atoms with Crippen molar-refractivity contribution in [3.8, 4) is 5.75 Å². The second-order valence-corrected chi connectivity index (χ2v) is 10.2. The summed E-state index contributed by atoms with van der Waals surface area (Å²) >= 11 is 0. The molecule has 0 aromatic heterocycles. The second kappa shape index (κ2) is 14.0. The molecule has 0 unspecified atom stereocenters. The molecular weight excluding hydrogens is 460 g/mol. The van der Waals surface area contributed by atoms with Gasteiger partial charge in [0, 0.05) is 10.8 Å². The molecule has 0 atom stereocenters. The number of azo groups is 1. The van der Waals surface area contributed by atoms with E-state index in [1.165, 1.54) is 82.1 Å². The molecule has 0 aliphatic rings. The van der Waals surface area contributed by atoms with Crippen LogP contribution in [0, 0.1) is 0 Å². The number of ether oxygens (including phenoxy) is 1. The topological polar surface area (TPSA) is 88.3 Å². The Labute approximate surface area is 209 Å². The molecule has 0 amide bonds. The summed E-state index contributed by atoms with van der Waals surface area (Å²) < 4.78 is 37.6. The molecular formula is C28H36N2O4S. The molecule has 3 aromatic carbocycles. The summed E-state index contributed by atoms with van der Waals surface area (Å²) in [4.78, 5) is -0.175. The van der Waals surface area contributed by atoms with Gasteiger partial charge in [-0.1, -0.05) is 89.0 Å². The summed E-state index contributed by atoms with van der Waals surface area (Å²) in [6, 6.07) is 17.3. The number of hydrogen-bond acceptors (Lipinski definition) is 5. The molecule has 188 valence electrons. The SMILES string of the molecule is CCCCCCCCCCCCOc1ccc(N=Nc2ccc(S(=O)(=O)O)cc2)c2ccccc12. The van der Waals surface area contributed by atoms with Crippen molar-refractivity contribution < 1.29 is 17.7 Å². The summed E-state index contributed by atoms with van der Waals surface area (Å²) in [5.74, 6) is 0.841. The van der Waals surface area contributed by atoms with Gasteiger partial charge in [-0.05, 0) is 42.8 Å². The van der Waals surface area contributed by atoms with Crippen LogP contribution in [0.1, 0.15) is 71.1 Å². The lowest BCUT2D eigenvalue weighted by Crippen LogP contribution is -1.98. The quantitative estimate of drug-likeness (QED) is 0.129. The first-order valence-corrected chi connectivity index (χ1v) is 14.1. The number of unbranched alkanes of at least 4 members (excludes halogenated alkanes) is 9. The average molecular weight is 497 g/mol. The molecule has 1 N–H and O–H groups in total. The molecule has 3 aromatic rings. The van der Waals surface area contributed by atoms with Crippen LogP contribution in [0.3, 0.4) is 0 Å². The molecule has 0 aliphatic heterocycles. The molecule has 0 bridgehead atoms. The number of fused-ring (bicyclic) bond motifs is 1. The Morgan fingerprint density at radius 2 is 1.31 bits per heavy atom. The lowest BCUT2D eigenvalue weighted by molar-refractivity contribution is 0.307. The second-order valence-electron chi connectivity index (χ2n) is 8.83. The van der Waals surface area contributed by atoms with Gasteiger partial charge in [0.05, 0.1) is 22.9 Å². The molecule has 3 rings (SSSR count). The van der Waals surface area contributed by atoms with E-state index in [4.69, 9.17) is 9.29 Å². The fraction of sp³-hybridized carbons (Fsp3) is 0.429. The van der Waals surface area contributed by atoms with Crippen molar-refractivity contribution in [1.29, 1.82) is 0 Å². The highest BCUT2D eigenvalue weighted by atomic mass is 32.2. The van der Waals surface area contributed by atoms with Crippen LogP contribution in [0.2, 0.25) is 0 Å². The first kappa shape index (κ1) is 26.8. The maximum absolute atomic E-state index is 11.2. The molecule has 0 saturated carbocycles. The zero-order valence-electron chi connectivity index (χ0n) is 20.5. The van der Waals surface area contributed by atoms with Gasteiger partial charge in [-0.3, -0.25) is 4.55 Å². The lowest BCUT2D eigenvalue weighted by atomic mass is 10.1. The molecule has 0 spiro atoms. The van der Waals surface area contributed by atoms with Gasteiger partial charge in [-0.15, -0.1) is 5.11 Å². The van der Waals surface area contributed by atoms with Gasteiger partial charge in [0.2, 0.25) is 0 Å². The van der Waals surface area contributed by atoms with Crippen molar-refractivity contribution in [3.05, 3.63) is 60.7 Å². The van der Waals surface area contributed by atoms with Crippen molar-refractivity contribution in [3.63, 3.8) is 0 Å². The van der Waals surface area contributed by atoms with E-state index in [9.17, 15) is 8.42 Å². The summed E-state index contributed by atoms with van der Waals surface area (Å²) in [5.41, 5.74) is 1.19. The van der Waals surface area contributed by atoms with E-state index in [0.717, 1.165) is 22.9 Å². The minimum absolute atomic E-state index is 0.175. The maximum atomic E-state index is 11.2. The third-order valence-corrected chi connectivity index (χ3v) is 6.89. The molecule has 0 heterocycles. The predicted octanol–water partition coefficient (Wildman–Crippen LogP) is 8.80. The van der Waals surface area contributed by atoms with Crippen molar-refractivity contribution in [1.82, 2.24) is 0 Å². The Bertz CT molecular complexity index is 1190. The van der Waals surface area contributed by atoms with E-state index in [1.54, 1.807) is 0 Å². The zero-order chi connectivity index (χ0) is 24.9. The van der Waals surface area contributed by atoms with Gasteiger partial charge in [0.1, 0.15) is 5.75 Å². The van der Waals surface area contributed by atoms with Gasteiger partial charge < -0.3 is 4.74 Å². The van der Waals surface area contributed by atoms with Crippen molar-refractivity contribution in [2.24, 2.45) is 10.2 Å². The Balaban J connectivity index is 1.52. The van der Waals surface area contributed by atoms with Crippen LogP contribution in [0.25, 0.3) is 10.8 Å². The number of hydrogen-bond donors (Lipinski definition) is 1. The third kappa shape index (κ3) is 8.75. The normalized spacial score (nSPS) is 11.9. The van der Waals surface area contributed by atoms with Crippen LogP contribution in [-0.4, -0.2) is 19.6 Å². The fourth-order valence-electron chi connectivity index (χ4n) is 4.04. The third-order valence-electron chi connectivity index (χ3n) is 6.02. The van der Waals surface area contributed by atoms with Crippen molar-refractivity contribution in [2.45, 2.75) is 76.0 Å². The highest BCUT2D eigenvalue weighted by Crippen LogP contribution is 2.34. The zero-order valence-corrected chi connectivity index (χ0v) is 21.3. The monoisotopic (exact) mass is 496 g/mol. The largest absolute Gasteiger partial charge is 0.493 e. The molecule has 0 aliphatic carbocycles. The smallest absolute Gasteiger partial charge is 0.294 e. The number of benzene rings is 3. The Hall–Kier alpha value is -2.77. The molecule has 35 heavy (non-hydrogen) atoms. The summed E-state index contributed by atoms with van der Waals surface area (Å²) in [5, 5.41) is 10.5. The van der Waals surface area contributed by atoms with Crippen LogP contribution in [0.5, 0.6) is 5.75 Å². The maximum Gasteiger partial charge on any atom is 0.294 e. The van der Waals surface area contributed by atoms with Gasteiger partial charge in [0.15, 0.2) is 0 Å². The van der Waals surface area contributed by atoms with E-state index in [0.29, 0.717) is 18.0 Å². The van der Waals surface area contributed by atoms with Crippen LogP contribution in [0.4, 0.5) is 11.4 Å². The Kier molecular flexibility index (Phi) is 10.7. The van der Waals surface area contributed by atoms with Gasteiger partial charge >= 0.3 is 0 Å². The molecule has 7 heteroatoms. The van der Waals surface area contributed by atoms with E-state index < -0.39 is 10.1 Å². The fourth-order valence-corrected chi connectivity index (χ4v) is 4.52. The van der Waals surface area contributed by atoms with E-state index in [-0.39, 0.29) is 4.90 Å². The van der Waals surface area contributed by atoms with E-state index >= 15 is 0 Å². The van der Waals surface area contributed by atoms with Crippen LogP contribution < -0.4 is 4.74 Å². The highest BCUT2D eigenvalue weighted by Gasteiger charge is 2.09. The van der Waals surface area contributed by atoms with Crippen LogP contribution in [0.15, 0.2) is 75.8 Å². The highest BCUT2D eigenvalue weighted by molar-refractivity contribution is 7.85. The minimum Gasteiger partial charge on any atom is -0.493 e. The van der Waals surface area contributed by atoms with Gasteiger partial charge in [0.25, 0.3) is 10.1 Å². The van der Waals surface area contributed by atoms with Crippen LogP contribution >= 0.6 is 0 Å². The Morgan fingerprint density at radius 3 is 1.94 bits per heavy atom. The molecule has 6 nitrogen and oxygen atoms in total.